The Hall–Kier alpha value is -3.26. The molecule has 2 unspecified atom stereocenters. The van der Waals surface area contributed by atoms with Crippen LogP contribution in [0.1, 0.15) is 28.8 Å². The van der Waals surface area contributed by atoms with E-state index in [9.17, 15) is 4.79 Å². The highest BCUT2D eigenvalue weighted by Gasteiger charge is 2.29. The van der Waals surface area contributed by atoms with Crippen molar-refractivity contribution in [1.82, 2.24) is 0 Å². The monoisotopic (exact) mass is 383 g/mol. The molecule has 3 N–H and O–H groups in total. The van der Waals surface area contributed by atoms with E-state index in [4.69, 9.17) is 24.7 Å². The summed E-state index contributed by atoms with van der Waals surface area (Å²) in [5, 5.41) is 3.18. The van der Waals surface area contributed by atoms with Crippen LogP contribution in [0.3, 0.4) is 0 Å². The SMILES string of the molecule is COc1cccc2c1C(N=C1Nc3ccc(C(OC)C(N)=O)cc3CO1)CO2. The Labute approximate surface area is 162 Å². The smallest absolute Gasteiger partial charge is 0.290 e. The Morgan fingerprint density at radius 3 is 2.89 bits per heavy atom. The second-order valence-electron chi connectivity index (χ2n) is 6.48. The second-order valence-corrected chi connectivity index (χ2v) is 6.48. The number of nitrogens with two attached hydrogens (primary N) is 1. The van der Waals surface area contributed by atoms with E-state index in [1.165, 1.54) is 7.11 Å². The Kier molecular flexibility index (Phi) is 4.79. The molecule has 0 saturated heterocycles. The van der Waals surface area contributed by atoms with Crippen LogP contribution in [-0.4, -0.2) is 32.8 Å². The van der Waals surface area contributed by atoms with Gasteiger partial charge in [0.1, 0.15) is 30.8 Å². The molecule has 2 heterocycles. The summed E-state index contributed by atoms with van der Waals surface area (Å²) in [6.07, 6.45) is -0.792. The van der Waals surface area contributed by atoms with Gasteiger partial charge in [0, 0.05) is 18.4 Å². The first-order valence-corrected chi connectivity index (χ1v) is 8.83. The molecule has 0 bridgehead atoms. The predicted octanol–water partition coefficient (Wildman–Crippen LogP) is 2.30. The van der Waals surface area contributed by atoms with E-state index < -0.39 is 12.0 Å². The van der Waals surface area contributed by atoms with E-state index in [2.05, 4.69) is 10.3 Å². The van der Waals surface area contributed by atoms with Crippen molar-refractivity contribution in [2.24, 2.45) is 10.7 Å². The lowest BCUT2D eigenvalue weighted by molar-refractivity contribution is -0.128. The first-order valence-electron chi connectivity index (χ1n) is 8.83. The highest BCUT2D eigenvalue weighted by Crippen LogP contribution is 2.41. The average Bonchev–Trinajstić information content (AvgIpc) is 3.11. The molecule has 0 fully saturated rings. The molecule has 2 atom stereocenters. The fourth-order valence-electron chi connectivity index (χ4n) is 3.45. The molecule has 2 aliphatic heterocycles. The van der Waals surface area contributed by atoms with E-state index in [-0.39, 0.29) is 6.04 Å². The average molecular weight is 383 g/mol. The summed E-state index contributed by atoms with van der Waals surface area (Å²) in [5.41, 5.74) is 8.72. The van der Waals surface area contributed by atoms with Gasteiger partial charge in [0.05, 0.1) is 12.7 Å². The van der Waals surface area contributed by atoms with E-state index in [1.807, 2.05) is 30.3 Å². The fraction of sp³-hybridized carbons (Fsp3) is 0.300. The summed E-state index contributed by atoms with van der Waals surface area (Å²) in [5.74, 6) is 0.970. The quantitative estimate of drug-likeness (QED) is 0.821. The van der Waals surface area contributed by atoms with Gasteiger partial charge in [-0.3, -0.25) is 4.79 Å². The summed E-state index contributed by atoms with van der Waals surface area (Å²) in [6, 6.07) is 11.4. The van der Waals surface area contributed by atoms with Crippen LogP contribution < -0.4 is 20.5 Å². The summed E-state index contributed by atoms with van der Waals surface area (Å²) < 4.78 is 22.1. The van der Waals surface area contributed by atoms with Crippen molar-refractivity contribution in [3.63, 3.8) is 0 Å². The van der Waals surface area contributed by atoms with Gasteiger partial charge in [-0.15, -0.1) is 0 Å². The minimum Gasteiger partial charge on any atom is -0.496 e. The minimum absolute atomic E-state index is 0.220. The van der Waals surface area contributed by atoms with Crippen LogP contribution in [0.25, 0.3) is 0 Å². The molecule has 2 aliphatic rings. The molecule has 8 nitrogen and oxygen atoms in total. The van der Waals surface area contributed by atoms with Crippen molar-refractivity contribution >= 4 is 17.6 Å². The van der Waals surface area contributed by atoms with E-state index in [1.54, 1.807) is 13.2 Å². The van der Waals surface area contributed by atoms with Crippen molar-refractivity contribution in [2.45, 2.75) is 18.8 Å². The lowest BCUT2D eigenvalue weighted by atomic mass is 10.0. The number of rotatable bonds is 5. The predicted molar refractivity (Wildman–Crippen MR) is 102 cm³/mol. The fourth-order valence-corrected chi connectivity index (χ4v) is 3.45. The Morgan fingerprint density at radius 1 is 1.29 bits per heavy atom. The molecule has 146 valence electrons. The number of amides is 1. The number of primary amides is 1. The molecule has 1 amide bonds. The number of carbonyl (C=O) groups excluding carboxylic acids is 1. The van der Waals surface area contributed by atoms with Gasteiger partial charge in [-0.1, -0.05) is 12.1 Å². The zero-order valence-electron chi connectivity index (χ0n) is 15.6. The highest BCUT2D eigenvalue weighted by atomic mass is 16.5. The third-order valence-corrected chi connectivity index (χ3v) is 4.78. The number of nitrogens with zero attached hydrogens (tertiary/aromatic N) is 1. The number of amidine groups is 1. The molecule has 0 radical (unpaired) electrons. The molecular formula is C20H21N3O5. The van der Waals surface area contributed by atoms with Gasteiger partial charge in [-0.2, -0.15) is 0 Å². The number of benzene rings is 2. The zero-order valence-corrected chi connectivity index (χ0v) is 15.6. The third-order valence-electron chi connectivity index (χ3n) is 4.78. The van der Waals surface area contributed by atoms with Crippen LogP contribution in [0, 0.1) is 0 Å². The van der Waals surface area contributed by atoms with Gasteiger partial charge in [0.15, 0.2) is 6.10 Å². The number of ether oxygens (including phenoxy) is 4. The van der Waals surface area contributed by atoms with Gasteiger partial charge < -0.3 is 30.0 Å². The largest absolute Gasteiger partial charge is 0.496 e. The van der Waals surface area contributed by atoms with E-state index in [0.717, 1.165) is 28.3 Å². The Morgan fingerprint density at radius 2 is 2.14 bits per heavy atom. The van der Waals surface area contributed by atoms with Crippen molar-refractivity contribution in [3.05, 3.63) is 53.1 Å². The van der Waals surface area contributed by atoms with Crippen molar-refractivity contribution in [3.8, 4) is 11.5 Å². The number of nitrogens with one attached hydrogen (secondary N) is 1. The molecule has 0 saturated carbocycles. The maximum absolute atomic E-state index is 11.5. The van der Waals surface area contributed by atoms with Crippen LogP contribution in [0.5, 0.6) is 11.5 Å². The molecular weight excluding hydrogens is 362 g/mol. The number of methoxy groups -OCH3 is 2. The molecule has 8 heteroatoms. The number of carbonyl (C=O) groups is 1. The maximum atomic E-state index is 11.5. The van der Waals surface area contributed by atoms with Gasteiger partial charge in [0.25, 0.3) is 11.9 Å². The number of hydrogen-bond donors (Lipinski definition) is 2. The number of aliphatic imine (C=N–C) groups is 1. The van der Waals surface area contributed by atoms with Crippen LogP contribution >= 0.6 is 0 Å². The minimum atomic E-state index is -0.792. The van der Waals surface area contributed by atoms with Gasteiger partial charge in [-0.25, -0.2) is 4.99 Å². The molecule has 4 rings (SSSR count). The van der Waals surface area contributed by atoms with Crippen molar-refractivity contribution in [1.29, 1.82) is 0 Å². The molecule has 2 aromatic rings. The second kappa shape index (κ2) is 7.40. The number of anilines is 1. The Balaban J connectivity index is 1.57. The summed E-state index contributed by atoms with van der Waals surface area (Å²) in [7, 11) is 3.07. The van der Waals surface area contributed by atoms with E-state index >= 15 is 0 Å². The van der Waals surface area contributed by atoms with Crippen LogP contribution in [-0.2, 0) is 20.9 Å². The topological polar surface area (TPSA) is 104 Å². The van der Waals surface area contributed by atoms with Crippen LogP contribution in [0.4, 0.5) is 5.69 Å². The molecule has 0 aliphatic carbocycles. The van der Waals surface area contributed by atoms with Crippen LogP contribution in [0.2, 0.25) is 0 Å². The standard InChI is InChI=1S/C20H21N3O5/c1-25-15-4-3-5-16-17(15)14(10-27-16)23-20-22-13-7-6-11(8-12(13)9-28-20)18(26-2)19(21)24/h3-8,14,18H,9-10H2,1-2H3,(H2,21,24)(H,22,23). The van der Waals surface area contributed by atoms with Gasteiger partial charge >= 0.3 is 0 Å². The first kappa shape index (κ1) is 18.1. The van der Waals surface area contributed by atoms with Crippen LogP contribution in [0.15, 0.2) is 41.4 Å². The van der Waals surface area contributed by atoms with Crippen molar-refractivity contribution in [2.75, 3.05) is 26.1 Å². The Bertz CT molecular complexity index is 943. The molecule has 2 aromatic carbocycles. The van der Waals surface area contributed by atoms with Crippen molar-refractivity contribution < 1.29 is 23.7 Å². The lowest BCUT2D eigenvalue weighted by Gasteiger charge is -2.23. The number of fused-ring (bicyclic) bond motifs is 2. The molecule has 0 aromatic heterocycles. The number of hydrogen-bond acceptors (Lipinski definition) is 6. The normalized spacial score (nSPS) is 19.6. The summed E-state index contributed by atoms with van der Waals surface area (Å²) in [6.45, 7) is 0.737. The zero-order chi connectivity index (χ0) is 19.7. The van der Waals surface area contributed by atoms with Gasteiger partial charge in [0.2, 0.25) is 0 Å². The highest BCUT2D eigenvalue weighted by molar-refractivity contribution is 5.92. The van der Waals surface area contributed by atoms with Gasteiger partial charge in [-0.05, 0) is 29.8 Å². The summed E-state index contributed by atoms with van der Waals surface area (Å²) >= 11 is 0. The maximum Gasteiger partial charge on any atom is 0.290 e. The molecule has 0 spiro atoms. The molecule has 28 heavy (non-hydrogen) atoms. The summed E-state index contributed by atoms with van der Waals surface area (Å²) in [4.78, 5) is 16.2. The van der Waals surface area contributed by atoms with E-state index in [0.29, 0.717) is 24.8 Å². The first-order chi connectivity index (χ1) is 13.6. The lowest BCUT2D eigenvalue weighted by Crippen LogP contribution is -2.25. The third kappa shape index (κ3) is 3.22.